The van der Waals surface area contributed by atoms with Crippen LogP contribution >= 0.6 is 11.3 Å². The van der Waals surface area contributed by atoms with Crippen LogP contribution in [-0.4, -0.2) is 19.9 Å². The van der Waals surface area contributed by atoms with Crippen molar-refractivity contribution in [3.05, 3.63) is 146 Å². The SMILES string of the molecule is c1ccc(-c2ccc(-c3nc(-c4nccc5oc6c7ccccc7ccc6c45)nc(-c4cccc5sc6ccccc6c45)n3)cc2)cc1. The molecule has 0 saturated heterocycles. The summed E-state index contributed by atoms with van der Waals surface area (Å²) in [7, 11) is 0. The van der Waals surface area contributed by atoms with Crippen molar-refractivity contribution in [1.82, 2.24) is 19.9 Å². The topological polar surface area (TPSA) is 64.7 Å². The summed E-state index contributed by atoms with van der Waals surface area (Å²) in [4.78, 5) is 20.3. The van der Waals surface area contributed by atoms with E-state index in [-0.39, 0.29) is 0 Å². The number of benzene rings is 6. The largest absolute Gasteiger partial charge is 0.455 e. The maximum absolute atomic E-state index is 6.50. The fourth-order valence-corrected chi connectivity index (χ4v) is 7.89. The average molecular weight is 633 g/mol. The Labute approximate surface area is 278 Å². The third-order valence-electron chi connectivity index (χ3n) is 9.01. The minimum atomic E-state index is 0.500. The minimum Gasteiger partial charge on any atom is -0.455 e. The maximum atomic E-state index is 6.50. The Bertz CT molecular complexity index is 2840. The van der Waals surface area contributed by atoms with Crippen LogP contribution in [0, 0.1) is 0 Å². The second-order valence-corrected chi connectivity index (χ2v) is 12.9. The van der Waals surface area contributed by atoms with Gasteiger partial charge >= 0.3 is 0 Å². The lowest BCUT2D eigenvalue weighted by Gasteiger charge is -2.10. The molecule has 0 radical (unpaired) electrons. The third-order valence-corrected chi connectivity index (χ3v) is 10.2. The van der Waals surface area contributed by atoms with E-state index in [1.807, 2.05) is 24.3 Å². The van der Waals surface area contributed by atoms with E-state index >= 15 is 0 Å². The fourth-order valence-electron chi connectivity index (χ4n) is 6.75. The van der Waals surface area contributed by atoms with Crippen LogP contribution in [0.5, 0.6) is 0 Å². The zero-order valence-electron chi connectivity index (χ0n) is 25.5. The molecule has 0 aliphatic carbocycles. The van der Waals surface area contributed by atoms with Crippen LogP contribution in [0.25, 0.3) is 98.3 Å². The van der Waals surface area contributed by atoms with Gasteiger partial charge < -0.3 is 4.42 Å². The number of fused-ring (bicyclic) bond motifs is 8. The number of hydrogen-bond donors (Lipinski definition) is 0. The minimum absolute atomic E-state index is 0.500. The van der Waals surface area contributed by atoms with Gasteiger partial charge in [-0.25, -0.2) is 15.0 Å². The Kier molecular flexibility index (Phi) is 5.98. The van der Waals surface area contributed by atoms with Crippen molar-refractivity contribution in [3.8, 4) is 45.4 Å². The summed E-state index contributed by atoms with van der Waals surface area (Å²) in [6.07, 6.45) is 1.77. The van der Waals surface area contributed by atoms with E-state index in [0.29, 0.717) is 23.2 Å². The van der Waals surface area contributed by atoms with Crippen molar-refractivity contribution in [3.63, 3.8) is 0 Å². The highest BCUT2D eigenvalue weighted by molar-refractivity contribution is 7.25. The molecule has 4 heterocycles. The molecule has 4 aromatic heterocycles. The van der Waals surface area contributed by atoms with E-state index in [1.165, 1.54) is 14.8 Å². The normalized spacial score (nSPS) is 11.8. The van der Waals surface area contributed by atoms with Crippen molar-refractivity contribution in [1.29, 1.82) is 0 Å². The molecule has 0 aliphatic rings. The Morgan fingerprint density at radius 2 is 1.17 bits per heavy atom. The molecular weight excluding hydrogens is 609 g/mol. The quantitative estimate of drug-likeness (QED) is 0.193. The van der Waals surface area contributed by atoms with Gasteiger partial charge in [0.1, 0.15) is 16.9 Å². The first-order chi connectivity index (χ1) is 23.8. The van der Waals surface area contributed by atoms with Crippen LogP contribution in [0.1, 0.15) is 0 Å². The Hall–Kier alpha value is -6.24. The van der Waals surface area contributed by atoms with Crippen molar-refractivity contribution in [2.45, 2.75) is 0 Å². The highest BCUT2D eigenvalue weighted by atomic mass is 32.1. The average Bonchev–Trinajstić information content (AvgIpc) is 3.74. The fraction of sp³-hybridized carbons (Fsp3) is 0. The van der Waals surface area contributed by atoms with Gasteiger partial charge in [-0.05, 0) is 40.8 Å². The van der Waals surface area contributed by atoms with Crippen molar-refractivity contribution in [2.24, 2.45) is 0 Å². The van der Waals surface area contributed by atoms with E-state index in [1.54, 1.807) is 17.5 Å². The summed E-state index contributed by atoms with van der Waals surface area (Å²) in [6, 6.07) is 48.1. The van der Waals surface area contributed by atoms with Crippen LogP contribution in [0.3, 0.4) is 0 Å². The first-order valence-corrected chi connectivity index (χ1v) is 16.6. The van der Waals surface area contributed by atoms with Gasteiger partial charge in [0.05, 0.1) is 5.39 Å². The molecule has 48 heavy (non-hydrogen) atoms. The van der Waals surface area contributed by atoms with E-state index < -0.39 is 0 Å². The van der Waals surface area contributed by atoms with Gasteiger partial charge in [-0.1, -0.05) is 115 Å². The Morgan fingerprint density at radius 3 is 2.06 bits per heavy atom. The lowest BCUT2D eigenvalue weighted by atomic mass is 10.0. The monoisotopic (exact) mass is 632 g/mol. The number of nitrogens with zero attached hydrogens (tertiary/aromatic N) is 4. The van der Waals surface area contributed by atoms with E-state index in [0.717, 1.165) is 60.4 Å². The van der Waals surface area contributed by atoms with Gasteiger partial charge in [-0.2, -0.15) is 0 Å². The molecule has 0 aliphatic heterocycles. The number of pyridine rings is 1. The lowest BCUT2D eigenvalue weighted by Crippen LogP contribution is -2.01. The predicted octanol–water partition coefficient (Wildman–Crippen LogP) is 11.4. The second kappa shape index (κ2) is 10.7. The van der Waals surface area contributed by atoms with Crippen LogP contribution < -0.4 is 0 Å². The Morgan fingerprint density at radius 1 is 0.458 bits per heavy atom. The molecule has 0 atom stereocenters. The zero-order valence-corrected chi connectivity index (χ0v) is 26.3. The van der Waals surface area contributed by atoms with E-state index in [4.69, 9.17) is 24.4 Å². The molecule has 0 bridgehead atoms. The highest BCUT2D eigenvalue weighted by Gasteiger charge is 2.21. The maximum Gasteiger partial charge on any atom is 0.183 e. The van der Waals surface area contributed by atoms with Gasteiger partial charge in [0.15, 0.2) is 17.5 Å². The molecule has 6 heteroatoms. The Balaban J connectivity index is 1.23. The molecule has 0 saturated carbocycles. The number of aromatic nitrogens is 4. The van der Waals surface area contributed by atoms with E-state index in [2.05, 4.69) is 115 Å². The first-order valence-electron chi connectivity index (χ1n) is 15.8. The molecule has 0 amide bonds. The molecule has 0 spiro atoms. The molecule has 10 aromatic rings. The van der Waals surface area contributed by atoms with Crippen molar-refractivity contribution < 1.29 is 4.42 Å². The molecule has 5 nitrogen and oxygen atoms in total. The predicted molar refractivity (Wildman–Crippen MR) is 197 cm³/mol. The van der Waals surface area contributed by atoms with Gasteiger partial charge in [0, 0.05) is 48.3 Å². The van der Waals surface area contributed by atoms with Gasteiger partial charge in [-0.3, -0.25) is 4.98 Å². The summed E-state index contributed by atoms with van der Waals surface area (Å²) in [5, 5.41) is 6.39. The summed E-state index contributed by atoms with van der Waals surface area (Å²) in [5.41, 5.74) is 6.39. The molecule has 0 N–H and O–H groups in total. The van der Waals surface area contributed by atoms with Gasteiger partial charge in [-0.15, -0.1) is 11.3 Å². The lowest BCUT2D eigenvalue weighted by molar-refractivity contribution is 0.672. The number of furan rings is 1. The smallest absolute Gasteiger partial charge is 0.183 e. The summed E-state index contributed by atoms with van der Waals surface area (Å²) < 4.78 is 8.92. The second-order valence-electron chi connectivity index (χ2n) is 11.8. The molecular formula is C42H24N4OS. The molecule has 0 fully saturated rings. The third kappa shape index (κ3) is 4.24. The van der Waals surface area contributed by atoms with Crippen LogP contribution in [0.15, 0.2) is 150 Å². The molecule has 10 rings (SSSR count). The zero-order chi connectivity index (χ0) is 31.6. The standard InChI is InChI=1S/C42H24N4OS/c1-2-9-25(10-3-1)26-17-19-28(20-18-26)40-44-41(32-14-8-16-35-36(32)30-13-6-7-15-34(30)48-35)46-42(45-40)38-37-31-22-21-27-11-4-5-12-29(27)39(31)47-33(37)23-24-43-38/h1-24H. The molecule has 6 aromatic carbocycles. The summed E-state index contributed by atoms with van der Waals surface area (Å²) in [5.74, 6) is 1.69. The van der Waals surface area contributed by atoms with Gasteiger partial charge in [0.25, 0.3) is 0 Å². The van der Waals surface area contributed by atoms with Gasteiger partial charge in [0.2, 0.25) is 0 Å². The molecule has 0 unspecified atom stereocenters. The molecule has 224 valence electrons. The van der Waals surface area contributed by atoms with Crippen molar-refractivity contribution in [2.75, 3.05) is 0 Å². The number of hydrogen-bond acceptors (Lipinski definition) is 6. The van der Waals surface area contributed by atoms with Crippen LogP contribution in [0.2, 0.25) is 0 Å². The van der Waals surface area contributed by atoms with Crippen molar-refractivity contribution >= 4 is 64.2 Å². The van der Waals surface area contributed by atoms with E-state index in [9.17, 15) is 0 Å². The highest BCUT2D eigenvalue weighted by Crippen LogP contribution is 2.41. The number of rotatable bonds is 4. The van der Waals surface area contributed by atoms with Crippen LogP contribution in [-0.2, 0) is 0 Å². The number of thiophene rings is 1. The summed E-state index contributed by atoms with van der Waals surface area (Å²) >= 11 is 1.78. The van der Waals surface area contributed by atoms with Crippen LogP contribution in [0.4, 0.5) is 0 Å². The summed E-state index contributed by atoms with van der Waals surface area (Å²) in [6.45, 7) is 0. The first kappa shape index (κ1) is 26.9.